The molecule has 0 atom stereocenters. The number of hydrogen-bond donors (Lipinski definition) is 0. The highest BCUT2D eigenvalue weighted by molar-refractivity contribution is 5.79. The third kappa shape index (κ3) is 3.82. The summed E-state index contributed by atoms with van der Waals surface area (Å²) in [6, 6.07) is 1.95. The van der Waals surface area contributed by atoms with Crippen molar-refractivity contribution in [3.05, 3.63) is 23.7 Å². The maximum absolute atomic E-state index is 12.8. The first-order chi connectivity index (χ1) is 14.7. The summed E-state index contributed by atoms with van der Waals surface area (Å²) in [4.78, 5) is 26.9. The molecule has 3 aliphatic rings. The minimum absolute atomic E-state index is 0.259. The van der Waals surface area contributed by atoms with E-state index in [9.17, 15) is 4.79 Å². The van der Waals surface area contributed by atoms with E-state index in [4.69, 9.17) is 9.51 Å². The predicted octanol–water partition coefficient (Wildman–Crippen LogP) is 3.94. The van der Waals surface area contributed by atoms with Crippen LogP contribution >= 0.6 is 0 Å². The van der Waals surface area contributed by atoms with Gasteiger partial charge < -0.3 is 14.3 Å². The first-order valence-electron chi connectivity index (χ1n) is 11.5. The van der Waals surface area contributed by atoms with Gasteiger partial charge in [0, 0.05) is 50.3 Å². The van der Waals surface area contributed by atoms with Crippen LogP contribution in [0.4, 0.5) is 5.95 Å². The van der Waals surface area contributed by atoms with Gasteiger partial charge in [0.05, 0.1) is 17.0 Å². The second-order valence-electron chi connectivity index (χ2n) is 9.08. The fourth-order valence-corrected chi connectivity index (χ4v) is 5.25. The Morgan fingerprint density at radius 2 is 1.77 bits per heavy atom. The van der Waals surface area contributed by atoms with Crippen molar-refractivity contribution < 1.29 is 9.32 Å². The molecule has 1 saturated carbocycles. The number of rotatable bonds is 4. The van der Waals surface area contributed by atoms with Crippen molar-refractivity contribution in [3.63, 3.8) is 0 Å². The first kappa shape index (κ1) is 19.5. The number of hydrogen-bond acceptors (Lipinski definition) is 6. The molecule has 0 unspecified atom stereocenters. The number of piperidine rings is 1. The number of aryl methyl sites for hydroxylation is 1. The minimum Gasteiger partial charge on any atom is -0.356 e. The van der Waals surface area contributed by atoms with Crippen LogP contribution < -0.4 is 4.90 Å². The molecule has 2 saturated heterocycles. The molecule has 1 aliphatic carbocycles. The van der Waals surface area contributed by atoms with E-state index < -0.39 is 0 Å². The number of anilines is 1. The molecule has 0 radical (unpaired) electrons. The van der Waals surface area contributed by atoms with Crippen LogP contribution in [0.15, 0.2) is 16.8 Å². The van der Waals surface area contributed by atoms with E-state index in [-0.39, 0.29) is 5.92 Å². The fraction of sp³-hybridized carbons (Fsp3) is 0.652. The van der Waals surface area contributed by atoms with Crippen LogP contribution in [0.5, 0.6) is 0 Å². The minimum atomic E-state index is 0.259. The van der Waals surface area contributed by atoms with Crippen LogP contribution in [0.3, 0.4) is 0 Å². The lowest BCUT2D eigenvalue weighted by atomic mass is 9.89. The van der Waals surface area contributed by atoms with Gasteiger partial charge in [-0.3, -0.25) is 4.79 Å². The average Bonchev–Trinajstić information content (AvgIpc) is 3.56. The topological polar surface area (TPSA) is 75.4 Å². The normalized spacial score (nSPS) is 21.0. The summed E-state index contributed by atoms with van der Waals surface area (Å²) in [5.74, 6) is 2.50. The Labute approximate surface area is 177 Å². The third-order valence-electron chi connectivity index (χ3n) is 6.99. The van der Waals surface area contributed by atoms with Crippen LogP contribution in [-0.2, 0) is 4.79 Å². The Morgan fingerprint density at radius 1 is 1.03 bits per heavy atom. The molecule has 4 heterocycles. The molecule has 0 bridgehead atoms. The molecule has 7 heteroatoms. The smallest absolute Gasteiger partial charge is 0.225 e. The highest BCUT2D eigenvalue weighted by Crippen LogP contribution is 2.36. The number of nitrogens with zero attached hydrogens (tertiary/aromatic N) is 5. The van der Waals surface area contributed by atoms with Crippen LogP contribution in [0, 0.1) is 12.8 Å². The van der Waals surface area contributed by atoms with Gasteiger partial charge in [0.25, 0.3) is 0 Å². The number of aromatic nitrogens is 3. The van der Waals surface area contributed by atoms with Gasteiger partial charge in [-0.1, -0.05) is 18.0 Å². The lowest BCUT2D eigenvalue weighted by Crippen LogP contribution is -2.41. The van der Waals surface area contributed by atoms with E-state index in [1.54, 1.807) is 0 Å². The van der Waals surface area contributed by atoms with E-state index in [1.807, 2.05) is 19.2 Å². The zero-order valence-corrected chi connectivity index (χ0v) is 17.8. The first-order valence-corrected chi connectivity index (χ1v) is 11.5. The van der Waals surface area contributed by atoms with Crippen LogP contribution in [0.2, 0.25) is 0 Å². The third-order valence-corrected chi connectivity index (χ3v) is 6.99. The van der Waals surface area contributed by atoms with Crippen LogP contribution in [0.1, 0.15) is 68.7 Å². The molecule has 0 N–H and O–H groups in total. The Bertz CT molecular complexity index is 891. The van der Waals surface area contributed by atoms with Gasteiger partial charge in [0.15, 0.2) is 5.76 Å². The number of carbonyl (C=O) groups is 1. The molecule has 0 spiro atoms. The SMILES string of the molecule is Cc1cc(-c2cnc(N3CCCC3)nc2C2CCN(C(=O)C3CCCC3)CC2)on1. The second kappa shape index (κ2) is 8.36. The van der Waals surface area contributed by atoms with E-state index >= 15 is 0 Å². The summed E-state index contributed by atoms with van der Waals surface area (Å²) < 4.78 is 5.57. The molecule has 160 valence electrons. The van der Waals surface area contributed by atoms with Gasteiger partial charge in [0.2, 0.25) is 11.9 Å². The monoisotopic (exact) mass is 409 g/mol. The standard InChI is InChI=1S/C23H31N5O2/c1-16-14-20(30-26-16)19-15-24-23(28-10-4-5-11-28)25-21(19)17-8-12-27(13-9-17)22(29)18-6-2-3-7-18/h14-15,17-18H,2-13H2,1H3. The predicted molar refractivity (Wildman–Crippen MR) is 114 cm³/mol. The number of amides is 1. The zero-order valence-electron chi connectivity index (χ0n) is 17.8. The quantitative estimate of drug-likeness (QED) is 0.761. The van der Waals surface area contributed by atoms with Crippen molar-refractivity contribution in [1.82, 2.24) is 20.0 Å². The summed E-state index contributed by atoms with van der Waals surface area (Å²) >= 11 is 0. The Balaban J connectivity index is 1.38. The van der Waals surface area contributed by atoms with E-state index in [0.29, 0.717) is 11.8 Å². The van der Waals surface area contributed by atoms with Crippen molar-refractivity contribution in [2.75, 3.05) is 31.1 Å². The Hall–Kier alpha value is -2.44. The number of likely N-dealkylation sites (tertiary alicyclic amines) is 1. The van der Waals surface area contributed by atoms with Crippen molar-refractivity contribution in [2.45, 2.75) is 64.2 Å². The summed E-state index contributed by atoms with van der Waals surface area (Å²) in [6.07, 6.45) is 10.7. The zero-order chi connectivity index (χ0) is 20.5. The summed E-state index contributed by atoms with van der Waals surface area (Å²) in [5, 5.41) is 4.06. The largest absolute Gasteiger partial charge is 0.356 e. The van der Waals surface area contributed by atoms with Gasteiger partial charge in [0.1, 0.15) is 0 Å². The van der Waals surface area contributed by atoms with Crippen molar-refractivity contribution >= 4 is 11.9 Å². The molecule has 3 fully saturated rings. The molecule has 0 aromatic carbocycles. The van der Waals surface area contributed by atoms with Gasteiger partial charge in [-0.15, -0.1) is 0 Å². The second-order valence-corrected chi connectivity index (χ2v) is 9.08. The molecule has 5 rings (SSSR count). The summed E-state index contributed by atoms with van der Waals surface area (Å²) in [6.45, 7) is 5.61. The molecule has 30 heavy (non-hydrogen) atoms. The average molecular weight is 410 g/mol. The van der Waals surface area contributed by atoms with Crippen molar-refractivity contribution in [3.8, 4) is 11.3 Å². The van der Waals surface area contributed by atoms with E-state index in [1.165, 1.54) is 25.7 Å². The summed E-state index contributed by atoms with van der Waals surface area (Å²) in [5.41, 5.74) is 2.85. The van der Waals surface area contributed by atoms with E-state index in [2.05, 4.69) is 19.9 Å². The molecule has 2 aliphatic heterocycles. The molecular formula is C23H31N5O2. The van der Waals surface area contributed by atoms with Gasteiger partial charge in [-0.25, -0.2) is 9.97 Å². The fourth-order valence-electron chi connectivity index (χ4n) is 5.25. The molecule has 2 aromatic rings. The molecule has 1 amide bonds. The Morgan fingerprint density at radius 3 is 2.43 bits per heavy atom. The van der Waals surface area contributed by atoms with Crippen LogP contribution in [-0.4, -0.2) is 52.1 Å². The molecular weight excluding hydrogens is 378 g/mol. The number of carbonyl (C=O) groups excluding carboxylic acids is 1. The van der Waals surface area contributed by atoms with Crippen molar-refractivity contribution in [1.29, 1.82) is 0 Å². The molecule has 7 nitrogen and oxygen atoms in total. The van der Waals surface area contributed by atoms with E-state index in [0.717, 1.165) is 80.5 Å². The van der Waals surface area contributed by atoms with Gasteiger partial charge in [-0.05, 0) is 45.4 Å². The lowest BCUT2D eigenvalue weighted by molar-refractivity contribution is -0.136. The van der Waals surface area contributed by atoms with Gasteiger partial charge in [-0.2, -0.15) is 0 Å². The highest BCUT2D eigenvalue weighted by atomic mass is 16.5. The highest BCUT2D eigenvalue weighted by Gasteiger charge is 2.32. The maximum atomic E-state index is 12.8. The van der Waals surface area contributed by atoms with Crippen molar-refractivity contribution in [2.24, 2.45) is 5.92 Å². The molecule has 2 aromatic heterocycles. The maximum Gasteiger partial charge on any atom is 0.225 e. The summed E-state index contributed by atoms with van der Waals surface area (Å²) in [7, 11) is 0. The Kier molecular flexibility index (Phi) is 5.44. The lowest BCUT2D eigenvalue weighted by Gasteiger charge is -2.34. The van der Waals surface area contributed by atoms with Crippen LogP contribution in [0.25, 0.3) is 11.3 Å². The van der Waals surface area contributed by atoms with Gasteiger partial charge >= 0.3 is 0 Å².